The third-order valence-electron chi connectivity index (χ3n) is 5.02. The van der Waals surface area contributed by atoms with E-state index in [1.807, 2.05) is 52.0 Å². The maximum absolute atomic E-state index is 6.16. The molecule has 4 rings (SSSR count). The highest BCUT2D eigenvalue weighted by atomic mass is 16.8. The maximum Gasteiger partial charge on any atom is 0.187 e. The van der Waals surface area contributed by atoms with Gasteiger partial charge in [0.25, 0.3) is 0 Å². The highest BCUT2D eigenvalue weighted by molar-refractivity contribution is 5.26. The fraction of sp³-hybridized carbons (Fsp3) is 0.700. The molecule has 5 atom stereocenters. The average molecular weight is 380 g/mol. The van der Waals surface area contributed by atoms with E-state index in [4.69, 9.17) is 33.2 Å². The predicted molar refractivity (Wildman–Crippen MR) is 95.2 cm³/mol. The first-order chi connectivity index (χ1) is 12.8. The molecule has 3 heterocycles. The second-order valence-corrected chi connectivity index (χ2v) is 8.06. The molecular formula is C20H28O7. The monoisotopic (exact) mass is 380 g/mol. The van der Waals surface area contributed by atoms with E-state index in [9.17, 15) is 0 Å². The lowest BCUT2D eigenvalue weighted by Crippen LogP contribution is -2.40. The number of rotatable bonds is 5. The highest BCUT2D eigenvalue weighted by Gasteiger charge is 2.59. The molecule has 0 bridgehead atoms. The summed E-state index contributed by atoms with van der Waals surface area (Å²) in [6.07, 6.45) is -1.63. The second kappa shape index (κ2) is 6.99. The van der Waals surface area contributed by atoms with Gasteiger partial charge in [0.1, 0.15) is 30.2 Å². The number of fused-ring (bicyclic) bond motifs is 1. The zero-order chi connectivity index (χ0) is 19.2. The summed E-state index contributed by atoms with van der Waals surface area (Å²) in [6.45, 7) is 8.45. The van der Waals surface area contributed by atoms with Crippen LogP contribution in [0.15, 0.2) is 24.3 Å². The smallest absolute Gasteiger partial charge is 0.187 e. The normalized spacial score (nSPS) is 36.7. The van der Waals surface area contributed by atoms with Crippen LogP contribution in [0.2, 0.25) is 0 Å². The van der Waals surface area contributed by atoms with Crippen molar-refractivity contribution in [2.45, 2.75) is 76.6 Å². The molecule has 1 unspecified atom stereocenters. The van der Waals surface area contributed by atoms with Crippen molar-refractivity contribution in [3.63, 3.8) is 0 Å². The van der Waals surface area contributed by atoms with Crippen molar-refractivity contribution in [1.29, 1.82) is 0 Å². The Morgan fingerprint density at radius 2 is 1.63 bits per heavy atom. The minimum absolute atomic E-state index is 0.223. The maximum atomic E-state index is 6.16. The number of hydrogen-bond donors (Lipinski definition) is 0. The van der Waals surface area contributed by atoms with Crippen LogP contribution in [0.3, 0.4) is 0 Å². The van der Waals surface area contributed by atoms with E-state index in [0.717, 1.165) is 11.3 Å². The molecule has 1 aromatic carbocycles. The van der Waals surface area contributed by atoms with Gasteiger partial charge >= 0.3 is 0 Å². The second-order valence-electron chi connectivity index (χ2n) is 8.06. The average Bonchev–Trinajstić information content (AvgIpc) is 3.23. The standard InChI is InChI=1S/C20H28O7/c1-19(2)23-11-14(25-19)15-16-17(27-20(3,4)26-16)18(24-15)22-10-12-6-8-13(21-5)9-7-12/h6-9,14-18H,10-11H2,1-5H3/t14-,15-,16+,17+,18?/m1/s1. The summed E-state index contributed by atoms with van der Waals surface area (Å²) in [6, 6.07) is 7.75. The van der Waals surface area contributed by atoms with Gasteiger partial charge in [0.15, 0.2) is 17.9 Å². The number of methoxy groups -OCH3 is 1. The van der Waals surface area contributed by atoms with E-state index in [2.05, 4.69) is 0 Å². The van der Waals surface area contributed by atoms with Crippen LogP contribution in [0.5, 0.6) is 5.75 Å². The Kier molecular flexibility index (Phi) is 4.95. The molecule has 0 radical (unpaired) electrons. The van der Waals surface area contributed by atoms with E-state index in [1.165, 1.54) is 0 Å². The van der Waals surface area contributed by atoms with Crippen molar-refractivity contribution in [1.82, 2.24) is 0 Å². The topological polar surface area (TPSA) is 64.6 Å². The minimum atomic E-state index is -0.686. The molecule has 7 heteroatoms. The van der Waals surface area contributed by atoms with Gasteiger partial charge in [-0.05, 0) is 45.4 Å². The van der Waals surface area contributed by atoms with Crippen molar-refractivity contribution in [2.75, 3.05) is 13.7 Å². The largest absolute Gasteiger partial charge is 0.497 e. The Bertz CT molecular complexity index is 657. The third-order valence-corrected chi connectivity index (χ3v) is 5.02. The predicted octanol–water partition coefficient (Wildman–Crippen LogP) is 2.61. The van der Waals surface area contributed by atoms with Gasteiger partial charge in [-0.15, -0.1) is 0 Å². The van der Waals surface area contributed by atoms with E-state index < -0.39 is 17.9 Å². The summed E-state index contributed by atoms with van der Waals surface area (Å²) in [7, 11) is 1.65. The van der Waals surface area contributed by atoms with Crippen LogP contribution in [-0.2, 0) is 35.0 Å². The van der Waals surface area contributed by atoms with Gasteiger partial charge < -0.3 is 33.2 Å². The molecule has 1 aromatic rings. The molecule has 27 heavy (non-hydrogen) atoms. The zero-order valence-corrected chi connectivity index (χ0v) is 16.5. The van der Waals surface area contributed by atoms with Crippen LogP contribution in [0, 0.1) is 0 Å². The van der Waals surface area contributed by atoms with Crippen molar-refractivity contribution < 1.29 is 33.2 Å². The summed E-state index contributed by atoms with van der Waals surface area (Å²) in [5, 5.41) is 0. The molecule has 3 fully saturated rings. The number of ether oxygens (including phenoxy) is 7. The lowest BCUT2D eigenvalue weighted by atomic mass is 10.1. The third kappa shape index (κ3) is 3.99. The Morgan fingerprint density at radius 1 is 0.926 bits per heavy atom. The molecule has 3 aliphatic heterocycles. The first-order valence-electron chi connectivity index (χ1n) is 9.34. The molecule has 0 amide bonds. The Labute approximate surface area is 159 Å². The SMILES string of the molecule is COc1ccc(COC2O[C@H]([C@H]3COC(C)(C)O3)[C@@H]3OC(C)(C)O[C@H]23)cc1. The van der Waals surface area contributed by atoms with Crippen LogP contribution >= 0.6 is 0 Å². The van der Waals surface area contributed by atoms with E-state index in [1.54, 1.807) is 7.11 Å². The highest BCUT2D eigenvalue weighted by Crippen LogP contribution is 2.42. The molecule has 0 spiro atoms. The van der Waals surface area contributed by atoms with Crippen LogP contribution < -0.4 is 4.74 Å². The molecule has 0 N–H and O–H groups in total. The van der Waals surface area contributed by atoms with Gasteiger partial charge in [0.05, 0.1) is 20.3 Å². The zero-order valence-electron chi connectivity index (χ0n) is 16.5. The summed E-state index contributed by atoms with van der Waals surface area (Å²) >= 11 is 0. The molecule has 0 aromatic heterocycles. The molecule has 0 saturated carbocycles. The minimum Gasteiger partial charge on any atom is -0.497 e. The van der Waals surface area contributed by atoms with Gasteiger partial charge in [-0.3, -0.25) is 0 Å². The van der Waals surface area contributed by atoms with E-state index in [-0.39, 0.29) is 24.4 Å². The van der Waals surface area contributed by atoms with Crippen molar-refractivity contribution in [3.8, 4) is 5.75 Å². The number of benzene rings is 1. The van der Waals surface area contributed by atoms with Crippen molar-refractivity contribution in [2.24, 2.45) is 0 Å². The summed E-state index contributed by atoms with van der Waals surface area (Å²) in [5.41, 5.74) is 1.03. The quantitative estimate of drug-likeness (QED) is 0.778. The molecule has 150 valence electrons. The lowest BCUT2D eigenvalue weighted by Gasteiger charge is -2.27. The van der Waals surface area contributed by atoms with Gasteiger partial charge in [-0.25, -0.2) is 0 Å². The Morgan fingerprint density at radius 3 is 2.26 bits per heavy atom. The molecule has 7 nitrogen and oxygen atoms in total. The van der Waals surface area contributed by atoms with Crippen LogP contribution in [0.4, 0.5) is 0 Å². The summed E-state index contributed by atoms with van der Waals surface area (Å²) in [5.74, 6) is -0.500. The summed E-state index contributed by atoms with van der Waals surface area (Å²) < 4.78 is 41.3. The van der Waals surface area contributed by atoms with E-state index >= 15 is 0 Å². The molecule has 3 aliphatic rings. The lowest BCUT2D eigenvalue weighted by molar-refractivity contribution is -0.250. The fourth-order valence-corrected chi connectivity index (χ4v) is 3.80. The van der Waals surface area contributed by atoms with Gasteiger partial charge in [-0.2, -0.15) is 0 Å². The molecule has 3 saturated heterocycles. The Hall–Kier alpha value is -1.22. The Balaban J connectivity index is 1.44. The van der Waals surface area contributed by atoms with Crippen LogP contribution in [0.25, 0.3) is 0 Å². The van der Waals surface area contributed by atoms with E-state index in [0.29, 0.717) is 13.2 Å². The van der Waals surface area contributed by atoms with Crippen molar-refractivity contribution >= 4 is 0 Å². The first kappa shape index (κ1) is 19.1. The number of hydrogen-bond acceptors (Lipinski definition) is 7. The summed E-state index contributed by atoms with van der Waals surface area (Å²) in [4.78, 5) is 0. The fourth-order valence-electron chi connectivity index (χ4n) is 3.80. The van der Waals surface area contributed by atoms with Gasteiger partial charge in [0, 0.05) is 0 Å². The van der Waals surface area contributed by atoms with Gasteiger partial charge in [-0.1, -0.05) is 12.1 Å². The molecular weight excluding hydrogens is 352 g/mol. The van der Waals surface area contributed by atoms with Crippen molar-refractivity contribution in [3.05, 3.63) is 29.8 Å². The van der Waals surface area contributed by atoms with Crippen LogP contribution in [-0.4, -0.2) is 56.0 Å². The molecule has 0 aliphatic carbocycles. The van der Waals surface area contributed by atoms with Gasteiger partial charge in [0.2, 0.25) is 0 Å². The van der Waals surface area contributed by atoms with Crippen LogP contribution in [0.1, 0.15) is 33.3 Å². The first-order valence-corrected chi connectivity index (χ1v) is 9.34.